The van der Waals surface area contributed by atoms with Gasteiger partial charge in [0, 0.05) is 5.56 Å². The highest BCUT2D eigenvalue weighted by molar-refractivity contribution is 7.80. The van der Waals surface area contributed by atoms with Crippen LogP contribution in [0.3, 0.4) is 0 Å². The first-order chi connectivity index (χ1) is 10.0. The predicted octanol–water partition coefficient (Wildman–Crippen LogP) is 1.66. The van der Waals surface area contributed by atoms with Crippen LogP contribution in [0.15, 0.2) is 40.8 Å². The van der Waals surface area contributed by atoms with Crippen LogP contribution in [-0.4, -0.2) is 16.1 Å². The minimum Gasteiger partial charge on any atom is -0.458 e. The lowest BCUT2D eigenvalue weighted by Gasteiger charge is -2.17. The average Bonchev–Trinajstić information content (AvgIpc) is 3.05. The third-order valence-corrected chi connectivity index (χ3v) is 3.74. The number of thiocarbonyl (C=S) groups is 1. The van der Waals surface area contributed by atoms with Gasteiger partial charge in [0.1, 0.15) is 11.5 Å². The molecule has 0 aliphatic carbocycles. The molecule has 2 heterocycles. The predicted molar refractivity (Wildman–Crippen MR) is 81.3 cm³/mol. The second kappa shape index (κ2) is 4.98. The number of amides is 1. The molecule has 0 saturated carbocycles. The quantitative estimate of drug-likeness (QED) is 0.752. The number of benzene rings is 1. The van der Waals surface area contributed by atoms with E-state index in [9.17, 15) is 9.90 Å². The summed E-state index contributed by atoms with van der Waals surface area (Å²) in [5.41, 5.74) is 0.649. The number of carbonyl (C=O) groups excluding carboxylic acids is 1. The molecule has 1 unspecified atom stereocenters. The van der Waals surface area contributed by atoms with Crippen molar-refractivity contribution >= 4 is 23.2 Å². The molecule has 1 saturated heterocycles. The van der Waals surface area contributed by atoms with Gasteiger partial charge in [-0.3, -0.25) is 4.79 Å². The molecule has 1 fully saturated rings. The van der Waals surface area contributed by atoms with Crippen molar-refractivity contribution in [1.82, 2.24) is 10.6 Å². The van der Waals surface area contributed by atoms with Crippen molar-refractivity contribution in [2.24, 2.45) is 0 Å². The number of furan rings is 1. The maximum Gasteiger partial charge on any atom is 0.259 e. The summed E-state index contributed by atoms with van der Waals surface area (Å²) in [7, 11) is 0. The van der Waals surface area contributed by atoms with Gasteiger partial charge in [-0.05, 0) is 42.9 Å². The van der Waals surface area contributed by atoms with Gasteiger partial charge in [-0.1, -0.05) is 18.2 Å². The smallest absolute Gasteiger partial charge is 0.259 e. The Morgan fingerprint density at radius 3 is 2.81 bits per heavy atom. The normalized spacial score (nSPS) is 21.2. The molecule has 5 nitrogen and oxygen atoms in total. The lowest BCUT2D eigenvalue weighted by atomic mass is 10.00. The molecule has 0 radical (unpaired) electrons. The second-order valence-corrected chi connectivity index (χ2v) is 5.46. The van der Waals surface area contributed by atoms with E-state index >= 15 is 0 Å². The molecule has 1 aromatic heterocycles. The van der Waals surface area contributed by atoms with Gasteiger partial charge in [0.2, 0.25) is 0 Å². The van der Waals surface area contributed by atoms with Crippen LogP contribution in [0.4, 0.5) is 0 Å². The SMILES string of the molecule is CC1(c2ccc(-c3cccc(CO)c3)o2)NC(=S)NC1=O. The fraction of sp³-hybridized carbons (Fsp3) is 0.200. The van der Waals surface area contributed by atoms with Crippen LogP contribution >= 0.6 is 12.2 Å². The molecule has 1 aliphatic rings. The Kier molecular flexibility index (Phi) is 3.27. The fourth-order valence-electron chi connectivity index (χ4n) is 2.30. The Morgan fingerprint density at radius 2 is 2.14 bits per heavy atom. The molecular weight excluding hydrogens is 288 g/mol. The van der Waals surface area contributed by atoms with E-state index in [1.807, 2.05) is 24.3 Å². The summed E-state index contributed by atoms with van der Waals surface area (Å²) in [5.74, 6) is 0.885. The summed E-state index contributed by atoms with van der Waals surface area (Å²) in [6, 6.07) is 11.0. The number of nitrogens with one attached hydrogen (secondary N) is 2. The van der Waals surface area contributed by atoms with E-state index in [1.165, 1.54) is 0 Å². The highest BCUT2D eigenvalue weighted by atomic mass is 32.1. The van der Waals surface area contributed by atoms with Crippen LogP contribution in [-0.2, 0) is 16.9 Å². The summed E-state index contributed by atoms with van der Waals surface area (Å²) in [6.45, 7) is 1.69. The topological polar surface area (TPSA) is 74.5 Å². The van der Waals surface area contributed by atoms with Gasteiger partial charge in [0.15, 0.2) is 10.7 Å². The minimum atomic E-state index is -0.996. The van der Waals surface area contributed by atoms with E-state index in [4.69, 9.17) is 16.6 Å². The molecule has 1 aliphatic heterocycles. The third kappa shape index (κ3) is 2.32. The van der Waals surface area contributed by atoms with Crippen LogP contribution in [0.1, 0.15) is 18.2 Å². The number of hydrogen-bond donors (Lipinski definition) is 3. The zero-order valence-corrected chi connectivity index (χ0v) is 12.2. The van der Waals surface area contributed by atoms with Gasteiger partial charge < -0.3 is 20.2 Å². The van der Waals surface area contributed by atoms with Gasteiger partial charge in [0.25, 0.3) is 5.91 Å². The summed E-state index contributed by atoms with van der Waals surface area (Å²) < 4.78 is 5.81. The molecule has 6 heteroatoms. The first kappa shape index (κ1) is 13.8. The minimum absolute atomic E-state index is 0.0304. The highest BCUT2D eigenvalue weighted by Gasteiger charge is 2.44. The van der Waals surface area contributed by atoms with Gasteiger partial charge in [0.05, 0.1) is 6.61 Å². The lowest BCUT2D eigenvalue weighted by Crippen LogP contribution is -2.40. The Morgan fingerprint density at radius 1 is 1.33 bits per heavy atom. The van der Waals surface area contributed by atoms with Crippen LogP contribution in [0, 0.1) is 0 Å². The Balaban J connectivity index is 1.96. The van der Waals surface area contributed by atoms with Crippen molar-refractivity contribution in [2.45, 2.75) is 19.1 Å². The van der Waals surface area contributed by atoms with Gasteiger partial charge in [-0.15, -0.1) is 0 Å². The summed E-state index contributed by atoms with van der Waals surface area (Å²) in [6.07, 6.45) is 0. The zero-order valence-electron chi connectivity index (χ0n) is 11.3. The maximum absolute atomic E-state index is 12.0. The maximum atomic E-state index is 12.0. The summed E-state index contributed by atoms with van der Waals surface area (Å²) in [5, 5.41) is 15.0. The van der Waals surface area contributed by atoms with Crippen LogP contribution < -0.4 is 10.6 Å². The van der Waals surface area contributed by atoms with E-state index in [-0.39, 0.29) is 12.5 Å². The number of rotatable bonds is 3. The molecule has 0 bridgehead atoms. The fourth-order valence-corrected chi connectivity index (χ4v) is 2.60. The van der Waals surface area contributed by atoms with Gasteiger partial charge >= 0.3 is 0 Å². The summed E-state index contributed by atoms with van der Waals surface area (Å²) in [4.78, 5) is 12.0. The molecule has 3 rings (SSSR count). The molecule has 0 spiro atoms. The van der Waals surface area contributed by atoms with E-state index in [0.29, 0.717) is 16.6 Å². The number of carbonyl (C=O) groups is 1. The first-order valence-electron chi connectivity index (χ1n) is 6.47. The van der Waals surface area contributed by atoms with Gasteiger partial charge in [-0.2, -0.15) is 0 Å². The van der Waals surface area contributed by atoms with Gasteiger partial charge in [-0.25, -0.2) is 0 Å². The van der Waals surface area contributed by atoms with Crippen molar-refractivity contribution in [3.8, 4) is 11.3 Å². The second-order valence-electron chi connectivity index (χ2n) is 5.06. The van der Waals surface area contributed by atoms with E-state index in [2.05, 4.69) is 10.6 Å². The largest absolute Gasteiger partial charge is 0.458 e. The highest BCUT2D eigenvalue weighted by Crippen LogP contribution is 2.30. The Bertz CT molecular complexity index is 725. The third-order valence-electron chi connectivity index (χ3n) is 3.54. The molecule has 108 valence electrons. The number of hydrogen-bond acceptors (Lipinski definition) is 4. The Labute approximate surface area is 127 Å². The van der Waals surface area contributed by atoms with E-state index in [0.717, 1.165) is 11.1 Å². The lowest BCUT2D eigenvalue weighted by molar-refractivity contribution is -0.124. The van der Waals surface area contributed by atoms with Crippen LogP contribution in [0.5, 0.6) is 0 Å². The molecule has 1 atom stereocenters. The molecule has 21 heavy (non-hydrogen) atoms. The monoisotopic (exact) mass is 302 g/mol. The van der Waals surface area contributed by atoms with Crippen molar-refractivity contribution in [3.63, 3.8) is 0 Å². The van der Waals surface area contributed by atoms with E-state index < -0.39 is 5.54 Å². The van der Waals surface area contributed by atoms with Crippen LogP contribution in [0.2, 0.25) is 0 Å². The van der Waals surface area contributed by atoms with Crippen molar-refractivity contribution in [3.05, 3.63) is 47.7 Å². The number of aliphatic hydroxyl groups excluding tert-OH is 1. The Hall–Kier alpha value is -2.18. The van der Waals surface area contributed by atoms with Crippen molar-refractivity contribution in [1.29, 1.82) is 0 Å². The molecule has 2 aromatic rings. The molecular formula is C15H14N2O3S. The molecule has 3 N–H and O–H groups in total. The average molecular weight is 302 g/mol. The summed E-state index contributed by atoms with van der Waals surface area (Å²) >= 11 is 4.97. The standard InChI is InChI=1S/C15H14N2O3S/c1-15(13(19)16-14(21)17-15)12-6-5-11(20-12)10-4-2-3-9(7-10)8-18/h2-7,18H,8H2,1H3,(H2,16,17,19,21). The molecule has 1 aromatic carbocycles. The zero-order chi connectivity index (χ0) is 15.0. The van der Waals surface area contributed by atoms with E-state index in [1.54, 1.807) is 19.1 Å². The van der Waals surface area contributed by atoms with Crippen molar-refractivity contribution in [2.75, 3.05) is 0 Å². The molecule has 1 amide bonds. The van der Waals surface area contributed by atoms with Crippen LogP contribution in [0.25, 0.3) is 11.3 Å². The first-order valence-corrected chi connectivity index (χ1v) is 6.88. The van der Waals surface area contributed by atoms with Crippen molar-refractivity contribution < 1.29 is 14.3 Å². The number of aliphatic hydroxyl groups is 1.